The number of methoxy groups -OCH3 is 2. The second-order valence-electron chi connectivity index (χ2n) is 6.06. The van der Waals surface area contributed by atoms with Crippen LogP contribution in [0.1, 0.15) is 23.1 Å². The number of terminal acetylenes is 1. The van der Waals surface area contributed by atoms with Crippen LogP contribution in [0.25, 0.3) is 0 Å². The first-order valence-electron chi connectivity index (χ1n) is 8.70. The van der Waals surface area contributed by atoms with Gasteiger partial charge in [0.25, 0.3) is 0 Å². The van der Waals surface area contributed by atoms with Gasteiger partial charge < -0.3 is 19.5 Å². The van der Waals surface area contributed by atoms with Crippen LogP contribution < -0.4 is 19.5 Å². The monoisotopic (exact) mass is 383 g/mol. The first-order chi connectivity index (χ1) is 13.1. The molecule has 0 unspecified atom stereocenters. The summed E-state index contributed by atoms with van der Waals surface area (Å²) in [4.78, 5) is 0.829. The molecule has 0 aliphatic carbocycles. The Bertz CT molecular complexity index is 827. The highest BCUT2D eigenvalue weighted by Gasteiger charge is 2.07. The fourth-order valence-corrected chi connectivity index (χ4v) is 2.88. The van der Waals surface area contributed by atoms with Crippen LogP contribution in [0.4, 0.5) is 0 Å². The standard InChI is InChI=1S/C22H25NO3S/c1-5-12-26-20-10-6-17(14-21(20)25-4)8-11-22(27)23-15-18-7-9-19(24-3)16(2)13-18/h1,6-7,9-10,13-14H,8,11-12,15H2,2-4H3,(H,23,27). The zero-order chi connectivity index (χ0) is 19.6. The van der Waals surface area contributed by atoms with Gasteiger partial charge in [-0.15, -0.1) is 6.42 Å². The van der Waals surface area contributed by atoms with E-state index in [0.29, 0.717) is 18.0 Å². The lowest BCUT2D eigenvalue weighted by Gasteiger charge is -2.12. The minimum absolute atomic E-state index is 0.217. The van der Waals surface area contributed by atoms with Gasteiger partial charge in [0.2, 0.25) is 0 Å². The molecule has 1 N–H and O–H groups in total. The average Bonchev–Trinajstić information content (AvgIpc) is 2.69. The van der Waals surface area contributed by atoms with E-state index in [9.17, 15) is 0 Å². The van der Waals surface area contributed by atoms with Gasteiger partial charge in [0.1, 0.15) is 12.4 Å². The summed E-state index contributed by atoms with van der Waals surface area (Å²) >= 11 is 5.46. The Morgan fingerprint density at radius 2 is 1.74 bits per heavy atom. The third kappa shape index (κ3) is 6.19. The predicted molar refractivity (Wildman–Crippen MR) is 113 cm³/mol. The molecule has 0 aromatic heterocycles. The van der Waals surface area contributed by atoms with E-state index in [4.69, 9.17) is 32.9 Å². The molecule has 2 aromatic rings. The second-order valence-corrected chi connectivity index (χ2v) is 6.55. The van der Waals surface area contributed by atoms with Crippen molar-refractivity contribution in [1.82, 2.24) is 5.32 Å². The number of nitrogens with one attached hydrogen (secondary N) is 1. The maximum atomic E-state index is 5.46. The van der Waals surface area contributed by atoms with Crippen molar-refractivity contribution in [3.05, 3.63) is 53.1 Å². The van der Waals surface area contributed by atoms with Crippen LogP contribution in [-0.2, 0) is 13.0 Å². The largest absolute Gasteiger partial charge is 0.496 e. The highest BCUT2D eigenvalue weighted by Crippen LogP contribution is 2.28. The smallest absolute Gasteiger partial charge is 0.162 e. The molecule has 0 radical (unpaired) electrons. The van der Waals surface area contributed by atoms with Crippen LogP contribution in [-0.4, -0.2) is 25.8 Å². The van der Waals surface area contributed by atoms with Gasteiger partial charge in [-0.3, -0.25) is 0 Å². The van der Waals surface area contributed by atoms with E-state index >= 15 is 0 Å². The van der Waals surface area contributed by atoms with Crippen LogP contribution in [0.5, 0.6) is 17.2 Å². The minimum Gasteiger partial charge on any atom is -0.496 e. The molecular weight excluding hydrogens is 358 g/mol. The molecule has 5 heteroatoms. The van der Waals surface area contributed by atoms with E-state index in [2.05, 4.69) is 17.3 Å². The van der Waals surface area contributed by atoms with Crippen LogP contribution in [0.15, 0.2) is 36.4 Å². The summed E-state index contributed by atoms with van der Waals surface area (Å²) in [5.74, 6) is 4.67. The van der Waals surface area contributed by atoms with E-state index in [1.807, 2.05) is 37.3 Å². The van der Waals surface area contributed by atoms with Crippen LogP contribution in [0.2, 0.25) is 0 Å². The van der Waals surface area contributed by atoms with Gasteiger partial charge in [-0.2, -0.15) is 0 Å². The van der Waals surface area contributed by atoms with Crippen molar-refractivity contribution in [1.29, 1.82) is 0 Å². The summed E-state index contributed by atoms with van der Waals surface area (Å²) in [7, 11) is 3.29. The quantitative estimate of drug-likeness (QED) is 0.522. The van der Waals surface area contributed by atoms with Crippen molar-refractivity contribution >= 4 is 17.2 Å². The van der Waals surface area contributed by atoms with Crippen LogP contribution in [0, 0.1) is 19.3 Å². The van der Waals surface area contributed by atoms with E-state index in [1.54, 1.807) is 14.2 Å². The number of benzene rings is 2. The van der Waals surface area contributed by atoms with E-state index in [-0.39, 0.29) is 6.61 Å². The fraction of sp³-hybridized carbons (Fsp3) is 0.318. The number of hydrogen-bond donors (Lipinski definition) is 1. The summed E-state index contributed by atoms with van der Waals surface area (Å²) in [6.07, 6.45) is 6.81. The lowest BCUT2D eigenvalue weighted by Crippen LogP contribution is -2.21. The Hall–Kier alpha value is -2.71. The van der Waals surface area contributed by atoms with Gasteiger partial charge in [0.15, 0.2) is 11.5 Å². The summed E-state index contributed by atoms with van der Waals surface area (Å²) < 4.78 is 16.1. The molecule has 0 saturated carbocycles. The molecule has 0 amide bonds. The van der Waals surface area contributed by atoms with Crippen molar-refractivity contribution in [3.8, 4) is 29.6 Å². The van der Waals surface area contributed by atoms with Gasteiger partial charge >= 0.3 is 0 Å². The Balaban J connectivity index is 1.86. The lowest BCUT2D eigenvalue weighted by molar-refractivity contribution is 0.330. The molecule has 0 aliphatic heterocycles. The summed E-state index contributed by atoms with van der Waals surface area (Å²) in [6.45, 7) is 2.95. The number of aryl methyl sites for hydroxylation is 2. The van der Waals surface area contributed by atoms with Crippen molar-refractivity contribution in [2.24, 2.45) is 0 Å². The fourth-order valence-electron chi connectivity index (χ4n) is 2.70. The normalized spacial score (nSPS) is 10.0. The van der Waals surface area contributed by atoms with Crippen molar-refractivity contribution in [2.75, 3.05) is 20.8 Å². The molecule has 0 atom stereocenters. The average molecular weight is 384 g/mol. The highest BCUT2D eigenvalue weighted by atomic mass is 32.1. The first kappa shape index (κ1) is 20.6. The highest BCUT2D eigenvalue weighted by molar-refractivity contribution is 7.80. The number of ether oxygens (including phenoxy) is 3. The number of thiocarbonyl (C=S) groups is 1. The molecule has 2 rings (SSSR count). The number of rotatable bonds is 9. The van der Waals surface area contributed by atoms with E-state index < -0.39 is 0 Å². The SMILES string of the molecule is C#CCOc1ccc(CCC(=S)NCc2ccc(OC)c(C)c2)cc1OC. The summed E-state index contributed by atoms with van der Waals surface area (Å²) in [6, 6.07) is 12.0. The zero-order valence-electron chi connectivity index (χ0n) is 16.0. The Labute approximate surface area is 166 Å². The topological polar surface area (TPSA) is 39.7 Å². The molecule has 0 aliphatic rings. The van der Waals surface area contributed by atoms with Gasteiger partial charge in [-0.05, 0) is 48.2 Å². The molecule has 0 heterocycles. The maximum Gasteiger partial charge on any atom is 0.162 e. The summed E-state index contributed by atoms with van der Waals surface area (Å²) in [5, 5.41) is 3.31. The Kier molecular flexibility index (Phi) is 7.97. The molecule has 0 fully saturated rings. The van der Waals surface area contributed by atoms with Gasteiger partial charge in [-0.25, -0.2) is 0 Å². The van der Waals surface area contributed by atoms with E-state index in [0.717, 1.165) is 34.7 Å². The third-order valence-electron chi connectivity index (χ3n) is 4.13. The summed E-state index contributed by atoms with van der Waals surface area (Å²) in [5.41, 5.74) is 3.42. The van der Waals surface area contributed by atoms with Crippen LogP contribution >= 0.6 is 12.2 Å². The van der Waals surface area contributed by atoms with Gasteiger partial charge in [-0.1, -0.05) is 36.3 Å². The first-order valence-corrected chi connectivity index (χ1v) is 9.11. The third-order valence-corrected chi connectivity index (χ3v) is 4.48. The molecule has 0 bridgehead atoms. The molecule has 27 heavy (non-hydrogen) atoms. The Morgan fingerprint density at radius 3 is 2.41 bits per heavy atom. The molecule has 0 spiro atoms. The molecule has 4 nitrogen and oxygen atoms in total. The zero-order valence-corrected chi connectivity index (χ0v) is 16.8. The molecule has 2 aromatic carbocycles. The van der Waals surface area contributed by atoms with Crippen LogP contribution in [0.3, 0.4) is 0 Å². The van der Waals surface area contributed by atoms with Crippen molar-refractivity contribution in [2.45, 2.75) is 26.3 Å². The predicted octanol–water partition coefficient (Wildman–Crippen LogP) is 4.07. The molecule has 0 saturated heterocycles. The second kappa shape index (κ2) is 10.4. The lowest BCUT2D eigenvalue weighted by atomic mass is 10.1. The number of hydrogen-bond acceptors (Lipinski definition) is 4. The van der Waals surface area contributed by atoms with E-state index in [1.165, 1.54) is 5.56 Å². The van der Waals surface area contributed by atoms with Crippen molar-refractivity contribution in [3.63, 3.8) is 0 Å². The minimum atomic E-state index is 0.217. The molecular formula is C22H25NO3S. The van der Waals surface area contributed by atoms with Crippen molar-refractivity contribution < 1.29 is 14.2 Å². The maximum absolute atomic E-state index is 5.46. The van der Waals surface area contributed by atoms with Gasteiger partial charge in [0, 0.05) is 13.0 Å². The Morgan fingerprint density at radius 1 is 1.04 bits per heavy atom. The van der Waals surface area contributed by atoms with Gasteiger partial charge in [0.05, 0.1) is 19.2 Å². The molecule has 142 valence electrons.